The summed E-state index contributed by atoms with van der Waals surface area (Å²) in [5, 5.41) is 14.0. The number of sulfonamides is 1. The molecule has 118 valence electrons. The Morgan fingerprint density at radius 1 is 1.48 bits per heavy atom. The number of thiophene rings is 1. The van der Waals surface area contributed by atoms with Gasteiger partial charge in [-0.3, -0.25) is 10.1 Å². The van der Waals surface area contributed by atoms with Crippen LogP contribution in [0.25, 0.3) is 0 Å². The monoisotopic (exact) mass is 353 g/mol. The van der Waals surface area contributed by atoms with Crippen LogP contribution in [0.3, 0.4) is 0 Å². The Morgan fingerprint density at radius 2 is 2.05 bits per heavy atom. The van der Waals surface area contributed by atoms with Crippen molar-refractivity contribution in [2.75, 3.05) is 20.1 Å². The molecule has 1 aliphatic rings. The van der Waals surface area contributed by atoms with Gasteiger partial charge in [-0.15, -0.1) is 11.3 Å². The zero-order valence-corrected chi connectivity index (χ0v) is 14.0. The molecule has 0 atom stereocenters. The highest BCUT2D eigenvalue weighted by molar-refractivity contribution is 7.91. The summed E-state index contributed by atoms with van der Waals surface area (Å²) < 4.78 is 26.2. The van der Waals surface area contributed by atoms with Gasteiger partial charge in [0.1, 0.15) is 4.21 Å². The molecule has 1 saturated heterocycles. The maximum Gasteiger partial charge on any atom is 0.300 e. The Bertz CT molecular complexity index is 650. The number of nitrogens with zero attached hydrogens (tertiary/aromatic N) is 2. The first-order valence-corrected chi connectivity index (χ1v) is 8.96. The third-order valence-corrected chi connectivity index (χ3v) is 7.55. The Morgan fingerprint density at radius 3 is 2.48 bits per heavy atom. The Kier molecular flexibility index (Phi) is 4.60. The lowest BCUT2D eigenvalue weighted by atomic mass is 9.91. The van der Waals surface area contributed by atoms with E-state index in [1.807, 2.05) is 14.0 Å². The van der Waals surface area contributed by atoms with Crippen molar-refractivity contribution in [1.29, 1.82) is 0 Å². The predicted octanol–water partition coefficient (Wildman–Crippen LogP) is 2.07. The fourth-order valence-electron chi connectivity index (χ4n) is 2.19. The van der Waals surface area contributed by atoms with Gasteiger partial charge in [0.15, 0.2) is 4.34 Å². The van der Waals surface area contributed by atoms with E-state index in [1.165, 1.54) is 4.31 Å². The van der Waals surface area contributed by atoms with E-state index in [0.717, 1.165) is 17.4 Å². The summed E-state index contributed by atoms with van der Waals surface area (Å²) in [6.45, 7) is 2.80. The summed E-state index contributed by atoms with van der Waals surface area (Å²) in [5.74, 6) is 0. The van der Waals surface area contributed by atoms with E-state index in [2.05, 4.69) is 5.32 Å². The van der Waals surface area contributed by atoms with Crippen LogP contribution in [0.4, 0.5) is 5.69 Å². The highest BCUT2D eigenvalue weighted by Gasteiger charge is 2.36. The molecule has 1 aliphatic heterocycles. The predicted molar refractivity (Wildman–Crippen MR) is 81.4 cm³/mol. The quantitative estimate of drug-likeness (QED) is 0.660. The summed E-state index contributed by atoms with van der Waals surface area (Å²) in [6, 6.07) is 1.04. The molecule has 10 heteroatoms. The molecule has 0 aromatic carbocycles. The Labute approximate surface area is 132 Å². The molecule has 0 unspecified atom stereocenters. The van der Waals surface area contributed by atoms with E-state index < -0.39 is 14.9 Å². The van der Waals surface area contributed by atoms with Crippen LogP contribution < -0.4 is 5.32 Å². The topological polar surface area (TPSA) is 92.6 Å². The van der Waals surface area contributed by atoms with Crippen LogP contribution in [0.1, 0.15) is 19.8 Å². The van der Waals surface area contributed by atoms with Gasteiger partial charge in [0.05, 0.1) is 4.92 Å². The van der Waals surface area contributed by atoms with Crippen LogP contribution in [0, 0.1) is 10.1 Å². The van der Waals surface area contributed by atoms with Gasteiger partial charge in [0.2, 0.25) is 0 Å². The maximum atomic E-state index is 12.5. The fourth-order valence-corrected chi connectivity index (χ4v) is 5.45. The van der Waals surface area contributed by atoms with E-state index in [9.17, 15) is 18.5 Å². The third-order valence-electron chi connectivity index (χ3n) is 3.87. The largest absolute Gasteiger partial charge is 0.314 e. The minimum Gasteiger partial charge on any atom is -0.314 e. The van der Waals surface area contributed by atoms with Gasteiger partial charge in [-0.25, -0.2) is 8.42 Å². The number of hydrogen-bond acceptors (Lipinski definition) is 6. The molecular weight excluding hydrogens is 338 g/mol. The molecule has 2 rings (SSSR count). The SMILES string of the molecule is CNC1(C)CCN(S(=O)(=O)c2cc([N+](=O)[O-])c(Cl)s2)CC1. The van der Waals surface area contributed by atoms with Crippen LogP contribution in [-0.2, 0) is 10.0 Å². The van der Waals surface area contributed by atoms with Gasteiger partial charge in [-0.2, -0.15) is 4.31 Å². The van der Waals surface area contributed by atoms with Gasteiger partial charge >= 0.3 is 0 Å². The van der Waals surface area contributed by atoms with Crippen LogP contribution in [-0.4, -0.2) is 43.3 Å². The van der Waals surface area contributed by atoms with E-state index in [4.69, 9.17) is 11.6 Å². The molecule has 21 heavy (non-hydrogen) atoms. The number of rotatable bonds is 4. The number of nitrogens with one attached hydrogen (secondary N) is 1. The third kappa shape index (κ3) is 3.21. The van der Waals surface area contributed by atoms with Crippen LogP contribution in [0.15, 0.2) is 10.3 Å². The summed E-state index contributed by atoms with van der Waals surface area (Å²) >= 11 is 6.46. The van der Waals surface area contributed by atoms with Crippen molar-refractivity contribution in [3.63, 3.8) is 0 Å². The minimum atomic E-state index is -3.72. The van der Waals surface area contributed by atoms with Gasteiger partial charge in [-0.05, 0) is 26.8 Å². The van der Waals surface area contributed by atoms with E-state index in [1.54, 1.807) is 0 Å². The van der Waals surface area contributed by atoms with Crippen molar-refractivity contribution >= 4 is 38.6 Å². The first kappa shape index (κ1) is 16.6. The van der Waals surface area contributed by atoms with Gasteiger partial charge < -0.3 is 5.32 Å². The van der Waals surface area contributed by atoms with Crippen molar-refractivity contribution in [3.8, 4) is 0 Å². The normalized spacial score (nSPS) is 19.6. The summed E-state index contributed by atoms with van der Waals surface area (Å²) in [7, 11) is -1.87. The van der Waals surface area contributed by atoms with E-state index in [-0.39, 0.29) is 19.8 Å². The maximum absolute atomic E-state index is 12.5. The molecular formula is C11H16ClN3O4S2. The second kappa shape index (κ2) is 5.81. The van der Waals surface area contributed by atoms with Crippen molar-refractivity contribution in [2.24, 2.45) is 0 Å². The van der Waals surface area contributed by atoms with Crippen molar-refractivity contribution in [3.05, 3.63) is 20.5 Å². The molecule has 0 radical (unpaired) electrons. The number of hydrogen-bond donors (Lipinski definition) is 1. The lowest BCUT2D eigenvalue weighted by molar-refractivity contribution is -0.384. The summed E-state index contributed by atoms with van der Waals surface area (Å²) in [4.78, 5) is 10.1. The Balaban J connectivity index is 2.24. The zero-order chi connectivity index (χ0) is 15.8. The van der Waals surface area contributed by atoms with E-state index >= 15 is 0 Å². The standard InChI is InChI=1S/C11H16ClN3O4S2/c1-11(13-2)3-5-14(6-4-11)21(18,19)9-7-8(15(16)17)10(12)20-9/h7,13H,3-6H2,1-2H3. The fraction of sp³-hybridized carbons (Fsp3) is 0.636. The smallest absolute Gasteiger partial charge is 0.300 e. The van der Waals surface area contributed by atoms with Gasteiger partial charge in [0.25, 0.3) is 15.7 Å². The van der Waals surface area contributed by atoms with E-state index in [0.29, 0.717) is 25.9 Å². The molecule has 0 bridgehead atoms. The lowest BCUT2D eigenvalue weighted by Gasteiger charge is -2.38. The molecule has 0 amide bonds. The first-order chi connectivity index (χ1) is 9.69. The van der Waals surface area contributed by atoms with Crippen molar-refractivity contribution < 1.29 is 13.3 Å². The van der Waals surface area contributed by atoms with Crippen LogP contribution in [0.2, 0.25) is 4.34 Å². The minimum absolute atomic E-state index is 0.0766. The average molecular weight is 354 g/mol. The molecule has 0 aliphatic carbocycles. The summed E-state index contributed by atoms with van der Waals surface area (Å²) in [5.41, 5.74) is -0.442. The van der Waals surface area contributed by atoms with Crippen molar-refractivity contribution in [1.82, 2.24) is 9.62 Å². The molecule has 1 aromatic rings. The molecule has 1 aromatic heterocycles. The Hall–Kier alpha value is -0.740. The van der Waals surface area contributed by atoms with Gasteiger partial charge in [0, 0.05) is 24.7 Å². The first-order valence-electron chi connectivity index (χ1n) is 6.32. The highest BCUT2D eigenvalue weighted by Crippen LogP contribution is 2.38. The van der Waals surface area contributed by atoms with Crippen LogP contribution in [0.5, 0.6) is 0 Å². The van der Waals surface area contributed by atoms with Crippen LogP contribution >= 0.6 is 22.9 Å². The molecule has 1 N–H and O–H groups in total. The molecule has 1 fully saturated rings. The highest BCUT2D eigenvalue weighted by atomic mass is 35.5. The van der Waals surface area contributed by atoms with Gasteiger partial charge in [-0.1, -0.05) is 11.6 Å². The molecule has 0 spiro atoms. The molecule has 2 heterocycles. The average Bonchev–Trinajstić information content (AvgIpc) is 2.82. The number of nitro groups is 1. The molecule has 7 nitrogen and oxygen atoms in total. The zero-order valence-electron chi connectivity index (χ0n) is 11.6. The molecule has 0 saturated carbocycles. The summed E-state index contributed by atoms with van der Waals surface area (Å²) in [6.07, 6.45) is 1.37. The van der Waals surface area contributed by atoms with Crippen molar-refractivity contribution in [2.45, 2.75) is 29.5 Å². The number of halogens is 1. The second-order valence-electron chi connectivity index (χ2n) is 5.20. The lowest BCUT2D eigenvalue weighted by Crippen LogP contribution is -2.51. The second-order valence-corrected chi connectivity index (χ2v) is 9.02. The number of piperidine rings is 1.